The summed E-state index contributed by atoms with van der Waals surface area (Å²) in [6, 6.07) is 9.52. The van der Waals surface area contributed by atoms with E-state index in [0.29, 0.717) is 32.5 Å². The number of allylic oxidation sites excluding steroid dienone is 1. The third kappa shape index (κ3) is 2.56. The van der Waals surface area contributed by atoms with E-state index in [2.05, 4.69) is 21.5 Å². The third-order valence-electron chi connectivity index (χ3n) is 4.17. The van der Waals surface area contributed by atoms with E-state index in [4.69, 9.17) is 4.42 Å². The number of rotatable bonds is 4. The molecule has 8 heteroatoms. The molecule has 4 heterocycles. The van der Waals surface area contributed by atoms with Gasteiger partial charge in [-0.25, -0.2) is 15.0 Å². The summed E-state index contributed by atoms with van der Waals surface area (Å²) in [5.74, 6) is 0. The van der Waals surface area contributed by atoms with Crippen molar-refractivity contribution >= 4 is 55.4 Å². The number of furan rings is 1. The predicted molar refractivity (Wildman–Crippen MR) is 108 cm³/mol. The minimum Gasteiger partial charge on any atom is -0.451 e. The first-order valence-electron chi connectivity index (χ1n) is 8.15. The zero-order chi connectivity index (χ0) is 18.4. The van der Waals surface area contributed by atoms with Gasteiger partial charge in [0.1, 0.15) is 22.3 Å². The number of fused-ring (bicyclic) bond motifs is 4. The maximum absolute atomic E-state index is 12.8. The summed E-state index contributed by atoms with van der Waals surface area (Å²) in [6.07, 6.45) is 3.19. The van der Waals surface area contributed by atoms with Crippen molar-refractivity contribution in [3.05, 3.63) is 65.0 Å². The zero-order valence-electron chi connectivity index (χ0n) is 14.0. The van der Waals surface area contributed by atoms with Crippen LogP contribution in [0.15, 0.2) is 74.1 Å². The summed E-state index contributed by atoms with van der Waals surface area (Å²) >= 11 is 2.74. The molecule has 0 aliphatic rings. The molecule has 4 aromatic heterocycles. The van der Waals surface area contributed by atoms with Crippen molar-refractivity contribution in [3.8, 4) is 0 Å². The average Bonchev–Trinajstić information content (AvgIpc) is 3.30. The number of benzene rings is 1. The Balaban J connectivity index is 1.72. The minimum absolute atomic E-state index is 0.0847. The summed E-state index contributed by atoms with van der Waals surface area (Å²) in [4.78, 5) is 26.9. The largest absolute Gasteiger partial charge is 0.451 e. The lowest BCUT2D eigenvalue weighted by molar-refractivity contribution is 0.650. The van der Waals surface area contributed by atoms with Crippen molar-refractivity contribution in [2.75, 3.05) is 0 Å². The van der Waals surface area contributed by atoms with Crippen LogP contribution < -0.4 is 5.56 Å². The summed E-state index contributed by atoms with van der Waals surface area (Å²) < 4.78 is 7.58. The van der Waals surface area contributed by atoms with E-state index < -0.39 is 0 Å². The van der Waals surface area contributed by atoms with Crippen LogP contribution in [0.25, 0.3) is 32.3 Å². The predicted octanol–water partition coefficient (Wildman–Crippen LogP) is 4.48. The molecule has 0 radical (unpaired) electrons. The van der Waals surface area contributed by atoms with Crippen molar-refractivity contribution in [1.82, 2.24) is 19.5 Å². The van der Waals surface area contributed by atoms with Crippen LogP contribution in [0.5, 0.6) is 0 Å². The standard InChI is InChI=1S/C19H12N4O2S2/c1-2-8-23-18(24)12-7-9-26-16(12)22-19(23)27-17-15-14(20-10-21-17)11-5-3-4-6-13(11)25-15/h2-7,9-10H,1,8H2. The van der Waals surface area contributed by atoms with Gasteiger partial charge in [-0.3, -0.25) is 9.36 Å². The quantitative estimate of drug-likeness (QED) is 0.255. The number of hydrogen-bond donors (Lipinski definition) is 0. The van der Waals surface area contributed by atoms with E-state index in [1.54, 1.807) is 16.7 Å². The molecule has 0 saturated heterocycles. The van der Waals surface area contributed by atoms with Crippen LogP contribution >= 0.6 is 23.1 Å². The van der Waals surface area contributed by atoms with Gasteiger partial charge in [-0.15, -0.1) is 17.9 Å². The van der Waals surface area contributed by atoms with Gasteiger partial charge in [0.15, 0.2) is 15.8 Å². The maximum Gasteiger partial charge on any atom is 0.263 e. The van der Waals surface area contributed by atoms with Gasteiger partial charge < -0.3 is 4.42 Å². The topological polar surface area (TPSA) is 73.8 Å². The van der Waals surface area contributed by atoms with Crippen LogP contribution in [0.2, 0.25) is 0 Å². The Labute approximate surface area is 161 Å². The lowest BCUT2D eigenvalue weighted by Crippen LogP contribution is -2.22. The third-order valence-corrected chi connectivity index (χ3v) is 5.96. The molecule has 0 atom stereocenters. The first-order valence-corrected chi connectivity index (χ1v) is 9.85. The van der Waals surface area contributed by atoms with Gasteiger partial charge in [0.2, 0.25) is 0 Å². The first kappa shape index (κ1) is 16.2. The number of thiophene rings is 1. The zero-order valence-corrected chi connectivity index (χ0v) is 15.6. The minimum atomic E-state index is -0.0847. The fraction of sp³-hybridized carbons (Fsp3) is 0.0526. The van der Waals surface area contributed by atoms with Crippen LogP contribution in [0.3, 0.4) is 0 Å². The lowest BCUT2D eigenvalue weighted by Gasteiger charge is -2.09. The smallest absolute Gasteiger partial charge is 0.263 e. The van der Waals surface area contributed by atoms with Gasteiger partial charge in [-0.05, 0) is 35.3 Å². The van der Waals surface area contributed by atoms with Gasteiger partial charge in [0.05, 0.1) is 5.39 Å². The molecule has 1 aromatic carbocycles. The van der Waals surface area contributed by atoms with E-state index in [1.165, 1.54) is 29.4 Å². The molecule has 0 unspecified atom stereocenters. The number of para-hydroxylation sites is 1. The summed E-state index contributed by atoms with van der Waals surface area (Å²) in [5.41, 5.74) is 2.01. The van der Waals surface area contributed by atoms with E-state index in [9.17, 15) is 4.79 Å². The molecule has 0 saturated carbocycles. The number of hydrogen-bond acceptors (Lipinski definition) is 7. The van der Waals surface area contributed by atoms with Crippen LogP contribution in [-0.2, 0) is 6.54 Å². The molecule has 0 amide bonds. The molecule has 27 heavy (non-hydrogen) atoms. The number of nitrogens with zero attached hydrogens (tertiary/aromatic N) is 4. The second-order valence-electron chi connectivity index (χ2n) is 5.80. The van der Waals surface area contributed by atoms with Crippen molar-refractivity contribution in [2.45, 2.75) is 16.7 Å². The van der Waals surface area contributed by atoms with E-state index in [1.807, 2.05) is 29.6 Å². The van der Waals surface area contributed by atoms with Gasteiger partial charge in [0, 0.05) is 11.9 Å². The van der Waals surface area contributed by atoms with Gasteiger partial charge in [-0.1, -0.05) is 18.2 Å². The van der Waals surface area contributed by atoms with Crippen LogP contribution in [0, 0.1) is 0 Å². The Morgan fingerprint density at radius 1 is 1.22 bits per heavy atom. The Morgan fingerprint density at radius 3 is 3.00 bits per heavy atom. The normalized spacial score (nSPS) is 11.6. The molecular formula is C19H12N4O2S2. The highest BCUT2D eigenvalue weighted by Crippen LogP contribution is 2.35. The second-order valence-corrected chi connectivity index (χ2v) is 7.65. The highest BCUT2D eigenvalue weighted by atomic mass is 32.2. The van der Waals surface area contributed by atoms with Crippen molar-refractivity contribution in [2.24, 2.45) is 0 Å². The second kappa shape index (κ2) is 6.33. The SMILES string of the molecule is C=CCn1c(Sc2ncnc3c2oc2ccccc23)nc2sccc2c1=O. The molecule has 6 nitrogen and oxygen atoms in total. The highest BCUT2D eigenvalue weighted by molar-refractivity contribution is 7.99. The summed E-state index contributed by atoms with van der Waals surface area (Å²) in [6.45, 7) is 4.12. The number of aromatic nitrogens is 4. The summed E-state index contributed by atoms with van der Waals surface area (Å²) in [7, 11) is 0. The molecule has 0 aliphatic carbocycles. The molecule has 5 rings (SSSR count). The van der Waals surface area contributed by atoms with Gasteiger partial charge in [0.25, 0.3) is 5.56 Å². The molecule has 5 aromatic rings. The monoisotopic (exact) mass is 392 g/mol. The van der Waals surface area contributed by atoms with Gasteiger partial charge in [-0.2, -0.15) is 0 Å². The first-order chi connectivity index (χ1) is 13.3. The molecule has 0 bridgehead atoms. The Morgan fingerprint density at radius 2 is 2.11 bits per heavy atom. The fourth-order valence-corrected chi connectivity index (χ4v) is 4.68. The Hall–Kier alpha value is -2.97. The van der Waals surface area contributed by atoms with Crippen molar-refractivity contribution < 1.29 is 4.42 Å². The molecule has 0 spiro atoms. The molecule has 0 aliphatic heterocycles. The molecule has 132 valence electrons. The van der Waals surface area contributed by atoms with Crippen molar-refractivity contribution in [1.29, 1.82) is 0 Å². The van der Waals surface area contributed by atoms with Crippen LogP contribution in [-0.4, -0.2) is 19.5 Å². The van der Waals surface area contributed by atoms with E-state index >= 15 is 0 Å². The van der Waals surface area contributed by atoms with Crippen LogP contribution in [0.1, 0.15) is 0 Å². The lowest BCUT2D eigenvalue weighted by atomic mass is 10.2. The molecule has 0 fully saturated rings. The maximum atomic E-state index is 12.8. The Kier molecular flexibility index (Phi) is 3.80. The van der Waals surface area contributed by atoms with E-state index in [0.717, 1.165) is 16.5 Å². The fourth-order valence-electron chi connectivity index (χ4n) is 2.96. The van der Waals surface area contributed by atoms with Gasteiger partial charge >= 0.3 is 0 Å². The Bertz CT molecular complexity index is 1380. The van der Waals surface area contributed by atoms with Crippen molar-refractivity contribution in [3.63, 3.8) is 0 Å². The van der Waals surface area contributed by atoms with Crippen LogP contribution in [0.4, 0.5) is 0 Å². The molecule has 0 N–H and O–H groups in total. The average molecular weight is 392 g/mol. The molecular weight excluding hydrogens is 380 g/mol. The van der Waals surface area contributed by atoms with E-state index in [-0.39, 0.29) is 5.56 Å². The highest BCUT2D eigenvalue weighted by Gasteiger charge is 2.18. The summed E-state index contributed by atoms with van der Waals surface area (Å²) in [5, 5.41) is 4.59.